The number of rotatable bonds is 6. The van der Waals surface area contributed by atoms with Crippen LogP contribution in [0.1, 0.15) is 34.8 Å². The maximum atomic E-state index is 11.3. The Balaban J connectivity index is 1.52. The van der Waals surface area contributed by atoms with E-state index < -0.39 is 5.97 Å². The minimum absolute atomic E-state index is 0.0785. The van der Waals surface area contributed by atoms with Crippen LogP contribution in [0.2, 0.25) is 0 Å². The van der Waals surface area contributed by atoms with Gasteiger partial charge in [-0.2, -0.15) is 5.26 Å². The van der Waals surface area contributed by atoms with E-state index in [1.54, 1.807) is 25.1 Å². The smallest absolute Gasteiger partial charge is 0.347 e. The summed E-state index contributed by atoms with van der Waals surface area (Å²) in [5, 5.41) is 19.4. The van der Waals surface area contributed by atoms with Crippen LogP contribution in [0, 0.1) is 18.3 Å². The maximum absolute atomic E-state index is 11.3. The molecule has 0 spiro atoms. The van der Waals surface area contributed by atoms with Crippen LogP contribution in [-0.4, -0.2) is 59.8 Å². The first-order chi connectivity index (χ1) is 14.4. The number of carbonyl (C=O) groups is 1. The number of hydrogen-bond acceptors (Lipinski definition) is 8. The molecule has 2 fully saturated rings. The summed E-state index contributed by atoms with van der Waals surface area (Å²) in [6.07, 6.45) is -0.822. The number of aryl methyl sites for hydroxylation is 1. The fourth-order valence-electron chi connectivity index (χ4n) is 3.73. The Morgan fingerprint density at radius 3 is 2.63 bits per heavy atom. The molecule has 3 heterocycles. The molecule has 2 aromatic rings. The van der Waals surface area contributed by atoms with Crippen molar-refractivity contribution in [1.82, 2.24) is 4.98 Å². The van der Waals surface area contributed by atoms with Gasteiger partial charge in [0.1, 0.15) is 40.0 Å². The van der Waals surface area contributed by atoms with E-state index in [1.807, 2.05) is 13.8 Å². The van der Waals surface area contributed by atoms with Crippen molar-refractivity contribution in [2.75, 3.05) is 13.2 Å². The van der Waals surface area contributed by atoms with Gasteiger partial charge < -0.3 is 24.1 Å². The summed E-state index contributed by atoms with van der Waals surface area (Å²) in [6.45, 7) is 6.40. The fraction of sp³-hybridized carbons (Fsp3) is 0.476. The lowest BCUT2D eigenvalue weighted by atomic mass is 10.1. The zero-order valence-corrected chi connectivity index (χ0v) is 17.6. The SMILES string of the molecule is Cc1nc(-c2ccc(O[C@H]3CO[C@H]4[C@@H]3OC[C@@H]4OC(C)C)c(C#N)c2)sc1C(=O)O. The summed E-state index contributed by atoms with van der Waals surface area (Å²) in [7, 11) is 0. The average molecular weight is 430 g/mol. The van der Waals surface area contributed by atoms with E-state index in [1.165, 1.54) is 0 Å². The van der Waals surface area contributed by atoms with E-state index in [0.29, 0.717) is 40.8 Å². The van der Waals surface area contributed by atoms with Gasteiger partial charge in [0, 0.05) is 5.56 Å². The van der Waals surface area contributed by atoms with Crippen molar-refractivity contribution < 1.29 is 28.8 Å². The molecule has 0 unspecified atom stereocenters. The molecule has 30 heavy (non-hydrogen) atoms. The molecule has 4 rings (SSSR count). The highest BCUT2D eigenvalue weighted by Gasteiger charge is 2.49. The molecule has 0 bridgehead atoms. The number of benzene rings is 1. The van der Waals surface area contributed by atoms with Gasteiger partial charge in [-0.25, -0.2) is 9.78 Å². The zero-order valence-electron chi connectivity index (χ0n) is 16.8. The van der Waals surface area contributed by atoms with Crippen molar-refractivity contribution in [2.24, 2.45) is 0 Å². The van der Waals surface area contributed by atoms with Crippen LogP contribution < -0.4 is 4.74 Å². The molecule has 158 valence electrons. The van der Waals surface area contributed by atoms with Crippen LogP contribution in [0.5, 0.6) is 5.75 Å². The Bertz CT molecular complexity index is 998. The maximum Gasteiger partial charge on any atom is 0.347 e. The van der Waals surface area contributed by atoms with Gasteiger partial charge in [-0.15, -0.1) is 11.3 Å². The predicted octanol–water partition coefficient (Wildman–Crippen LogP) is 3.03. The molecule has 0 saturated carbocycles. The first-order valence-corrected chi connectivity index (χ1v) is 10.5. The van der Waals surface area contributed by atoms with E-state index in [-0.39, 0.29) is 35.4 Å². The molecule has 2 saturated heterocycles. The second-order valence-corrected chi connectivity index (χ2v) is 8.54. The van der Waals surface area contributed by atoms with Crippen LogP contribution in [0.3, 0.4) is 0 Å². The van der Waals surface area contributed by atoms with Gasteiger partial charge in [-0.3, -0.25) is 0 Å². The van der Waals surface area contributed by atoms with Crippen molar-refractivity contribution in [3.63, 3.8) is 0 Å². The summed E-state index contributed by atoms with van der Waals surface area (Å²) < 4.78 is 23.7. The van der Waals surface area contributed by atoms with Crippen molar-refractivity contribution in [3.05, 3.63) is 34.3 Å². The number of nitriles is 1. The number of nitrogens with zero attached hydrogens (tertiary/aromatic N) is 2. The highest BCUT2D eigenvalue weighted by atomic mass is 32.1. The van der Waals surface area contributed by atoms with Gasteiger partial charge in [-0.1, -0.05) is 0 Å². The molecular weight excluding hydrogens is 408 g/mol. The van der Waals surface area contributed by atoms with Crippen molar-refractivity contribution in [3.8, 4) is 22.4 Å². The van der Waals surface area contributed by atoms with Crippen LogP contribution in [0.25, 0.3) is 10.6 Å². The summed E-state index contributed by atoms with van der Waals surface area (Å²) in [4.78, 5) is 15.8. The van der Waals surface area contributed by atoms with Gasteiger partial charge in [0.25, 0.3) is 0 Å². The number of thiazole rings is 1. The number of carboxylic acid groups (broad SMARTS) is 1. The molecule has 1 N–H and O–H groups in total. The Kier molecular flexibility index (Phi) is 5.75. The van der Waals surface area contributed by atoms with E-state index in [2.05, 4.69) is 11.1 Å². The summed E-state index contributed by atoms with van der Waals surface area (Å²) in [5.74, 6) is -0.581. The van der Waals surface area contributed by atoms with Crippen LogP contribution >= 0.6 is 11.3 Å². The van der Waals surface area contributed by atoms with Gasteiger partial charge in [0.2, 0.25) is 0 Å². The normalized spacial score (nSPS) is 25.3. The summed E-state index contributed by atoms with van der Waals surface area (Å²) in [6, 6.07) is 7.28. The molecule has 8 nitrogen and oxygen atoms in total. The molecule has 2 aliphatic rings. The topological polar surface area (TPSA) is 111 Å². The van der Waals surface area contributed by atoms with Crippen molar-refractivity contribution in [2.45, 2.75) is 51.3 Å². The van der Waals surface area contributed by atoms with Gasteiger partial charge in [0.15, 0.2) is 6.10 Å². The highest BCUT2D eigenvalue weighted by Crippen LogP contribution is 2.35. The third kappa shape index (κ3) is 3.91. The first kappa shape index (κ1) is 20.8. The lowest BCUT2D eigenvalue weighted by Crippen LogP contribution is -2.36. The summed E-state index contributed by atoms with van der Waals surface area (Å²) in [5.41, 5.74) is 1.46. The Morgan fingerprint density at radius 2 is 2.00 bits per heavy atom. The van der Waals surface area contributed by atoms with Gasteiger partial charge in [-0.05, 0) is 39.0 Å². The van der Waals surface area contributed by atoms with E-state index in [9.17, 15) is 15.2 Å². The third-order valence-corrected chi connectivity index (χ3v) is 6.22. The number of fused-ring (bicyclic) bond motifs is 1. The molecule has 1 aromatic heterocycles. The van der Waals surface area contributed by atoms with Crippen LogP contribution in [0.4, 0.5) is 0 Å². The largest absolute Gasteiger partial charge is 0.484 e. The molecule has 1 aromatic carbocycles. The minimum atomic E-state index is -1.01. The average Bonchev–Trinajstić information content (AvgIpc) is 3.39. The Morgan fingerprint density at radius 1 is 1.30 bits per heavy atom. The third-order valence-electron chi connectivity index (χ3n) is 5.03. The standard InChI is InChI=1S/C21H22N2O6S/c1-10(2)28-15-8-26-18-16(9-27-17(15)18)29-14-5-4-12(6-13(14)7-22)20-23-11(3)19(30-20)21(24)25/h4-6,10,15-18H,8-9H2,1-3H3,(H,24,25)/t15-,16-,17+,18+/m0/s1. The molecule has 0 amide bonds. The van der Waals surface area contributed by atoms with Crippen LogP contribution in [-0.2, 0) is 14.2 Å². The zero-order chi connectivity index (χ0) is 21.4. The number of ether oxygens (including phenoxy) is 4. The second-order valence-electron chi connectivity index (χ2n) is 7.54. The van der Waals surface area contributed by atoms with E-state index in [4.69, 9.17) is 18.9 Å². The predicted molar refractivity (Wildman–Crippen MR) is 108 cm³/mol. The quantitative estimate of drug-likeness (QED) is 0.744. The number of aromatic carboxylic acids is 1. The van der Waals surface area contributed by atoms with Crippen molar-refractivity contribution in [1.29, 1.82) is 5.26 Å². The molecule has 4 atom stereocenters. The number of aromatic nitrogens is 1. The van der Waals surface area contributed by atoms with Crippen LogP contribution in [0.15, 0.2) is 18.2 Å². The van der Waals surface area contributed by atoms with E-state index >= 15 is 0 Å². The van der Waals surface area contributed by atoms with Gasteiger partial charge >= 0.3 is 5.97 Å². The lowest BCUT2D eigenvalue weighted by Gasteiger charge is -2.19. The first-order valence-electron chi connectivity index (χ1n) is 9.68. The van der Waals surface area contributed by atoms with Gasteiger partial charge in [0.05, 0.1) is 30.6 Å². The molecular formula is C21H22N2O6S. The lowest BCUT2D eigenvalue weighted by molar-refractivity contribution is -0.0598. The molecule has 2 aliphatic heterocycles. The highest BCUT2D eigenvalue weighted by molar-refractivity contribution is 7.17. The molecule has 0 aliphatic carbocycles. The minimum Gasteiger partial charge on any atom is -0.484 e. The number of hydrogen-bond donors (Lipinski definition) is 1. The number of carboxylic acids is 1. The second kappa shape index (κ2) is 8.32. The Labute approximate surface area is 178 Å². The molecule has 0 radical (unpaired) electrons. The van der Waals surface area contributed by atoms with E-state index in [0.717, 1.165) is 11.3 Å². The summed E-state index contributed by atoms with van der Waals surface area (Å²) >= 11 is 1.08. The monoisotopic (exact) mass is 430 g/mol. The molecule has 9 heteroatoms. The fourth-order valence-corrected chi connectivity index (χ4v) is 4.63. The Hall–Kier alpha value is -2.51. The van der Waals surface area contributed by atoms with Crippen molar-refractivity contribution >= 4 is 17.3 Å².